The SMILES string of the molecule is C.C.C.C.CC(C)(C)CC(C)(C)c1cc(CCC[Si](C)(C)O[Si](C)(C)O[Si](C)(C)O[Si](C)(C)O[Si](C)(C)O[Si](C)(C)CCCc2cc(C(C)(C)CC(C)(C)C)cc(-n3nc4ccccc4n3)c2O)c(O)c(-n2nc3ccccc3n2)c1.Cc1cc(CCC[Si](C)(O[Si](C)(C)C)O[Si](C)(C)O[Si](C)(C)C)c(O)c(C2C=c3ccccc3=C2)c1. The third-order valence-electron chi connectivity index (χ3n) is 19.9. The maximum atomic E-state index is 11.9. The molecular formula is C90H158N6O11Si10. The smallest absolute Gasteiger partial charge is 0.315 e. The highest BCUT2D eigenvalue weighted by Gasteiger charge is 2.49. The molecule has 0 saturated heterocycles. The molecule has 1 unspecified atom stereocenters. The molecule has 17 nitrogen and oxygen atoms in total. The Morgan fingerprint density at radius 2 is 0.667 bits per heavy atom. The normalized spacial score (nSPS) is 14.3. The first kappa shape index (κ1) is 104. The number of hydrogen-bond donors (Lipinski definition) is 3. The van der Waals surface area contributed by atoms with E-state index in [0.29, 0.717) is 30.0 Å². The van der Waals surface area contributed by atoms with Crippen molar-refractivity contribution < 1.29 is 48.2 Å². The van der Waals surface area contributed by atoms with Crippen LogP contribution < -0.4 is 10.4 Å². The molecule has 6 aromatic carbocycles. The van der Waals surface area contributed by atoms with Crippen molar-refractivity contribution in [2.75, 3.05) is 0 Å². The standard InChI is InChI=1S/C58H96N6O7Si6.C28H46O4Si4.4CH4/c1-55(2,3)41-57(7,8)45-37-43(53(65)51(39-45)63-59-47-31-23-24-32-48(47)60-63)29-27-35-72(11,12)67-74(15,16)69-76(19,20)71-77(21,22)70-75(17,18)68-73(13,14)36-28-30-44-38-46(58(9,10)42-56(4,5)6)40-52(54(44)66)64-61-49-33-25-26-34-50(49)62-64;1-22-18-25(28(29)27(19-22)26-20-23-14-11-12-15-24(23)21-26)16-13-17-36(10,31-34(5,6)7)32-35(8,9)30-33(2,3)4;;;;/h23-26,31-34,37-40,65-66H,27-30,35-36,41-42H2,1-22H3;11-12,14-15,18-21,26,29H,13,16-17H2,1-10H3;4*1H4. The van der Waals surface area contributed by atoms with Crippen LogP contribution in [0.25, 0.3) is 45.6 Å². The van der Waals surface area contributed by atoms with E-state index in [1.165, 1.54) is 16.0 Å². The summed E-state index contributed by atoms with van der Waals surface area (Å²) in [6.07, 6.45) is 11.3. The fraction of sp³-hybridized carbons (Fsp3) is 0.578. The van der Waals surface area contributed by atoms with Crippen LogP contribution in [0.1, 0.15) is 176 Å². The molecular weight excluding hydrogens is 1620 g/mol. The first-order valence-corrected chi connectivity index (χ1v) is 70.7. The van der Waals surface area contributed by atoms with Crippen LogP contribution in [-0.4, -0.2) is 130 Å². The summed E-state index contributed by atoms with van der Waals surface area (Å²) < 4.78 is 55.3. The minimum absolute atomic E-state index is 0. The molecule has 0 fully saturated rings. The molecule has 117 heavy (non-hydrogen) atoms. The Morgan fingerprint density at radius 3 is 1.00 bits per heavy atom. The lowest BCUT2D eigenvalue weighted by atomic mass is 9.72. The second kappa shape index (κ2) is 39.3. The summed E-state index contributed by atoms with van der Waals surface area (Å²) in [5, 5.41) is 56.6. The number of aromatic hydroxyl groups is 3. The largest absolute Gasteiger partial charge is 0.507 e. The van der Waals surface area contributed by atoms with Gasteiger partial charge in [-0.3, -0.25) is 0 Å². The molecule has 0 bridgehead atoms. The molecule has 9 rings (SSSR count). The molecule has 0 spiro atoms. The lowest BCUT2D eigenvalue weighted by Crippen LogP contribution is -2.60. The van der Waals surface area contributed by atoms with Crippen molar-refractivity contribution in [3.63, 3.8) is 0 Å². The molecule has 2 aromatic heterocycles. The van der Waals surface area contributed by atoms with E-state index in [9.17, 15) is 15.3 Å². The van der Waals surface area contributed by atoms with Gasteiger partial charge in [0.2, 0.25) is 0 Å². The van der Waals surface area contributed by atoms with E-state index in [2.05, 4.69) is 286 Å². The van der Waals surface area contributed by atoms with E-state index >= 15 is 0 Å². The average Bonchev–Trinajstić information content (AvgIpc) is 1.77. The second-order valence-electron chi connectivity index (χ2n) is 41.3. The fourth-order valence-electron chi connectivity index (χ4n) is 17.7. The van der Waals surface area contributed by atoms with E-state index in [1.807, 2.05) is 48.5 Å². The van der Waals surface area contributed by atoms with E-state index < -0.39 is 84.6 Å². The Morgan fingerprint density at radius 1 is 0.359 bits per heavy atom. The molecule has 0 amide bonds. The Labute approximate surface area is 719 Å². The molecule has 1 aliphatic rings. The summed E-state index contributed by atoms with van der Waals surface area (Å²) >= 11 is 0. The van der Waals surface area contributed by atoms with Crippen LogP contribution in [0, 0.1) is 17.8 Å². The number of phenols is 3. The van der Waals surface area contributed by atoms with Gasteiger partial charge in [-0.05, 0) is 310 Å². The molecule has 654 valence electrons. The highest BCUT2D eigenvalue weighted by molar-refractivity contribution is 6.92. The van der Waals surface area contributed by atoms with E-state index in [0.717, 1.165) is 112 Å². The number of nitrogens with zero attached hydrogens (tertiary/aromatic N) is 6. The van der Waals surface area contributed by atoms with Gasteiger partial charge < -0.3 is 48.2 Å². The van der Waals surface area contributed by atoms with Gasteiger partial charge in [-0.25, -0.2) is 0 Å². The third-order valence-corrected chi connectivity index (χ3v) is 56.7. The van der Waals surface area contributed by atoms with Gasteiger partial charge >= 0.3 is 51.4 Å². The van der Waals surface area contributed by atoms with Gasteiger partial charge in [-0.1, -0.05) is 189 Å². The van der Waals surface area contributed by atoms with Crippen LogP contribution in [0.2, 0.25) is 156 Å². The van der Waals surface area contributed by atoms with E-state index in [1.54, 1.807) is 9.59 Å². The lowest BCUT2D eigenvalue weighted by molar-refractivity contribution is 0.280. The van der Waals surface area contributed by atoms with Crippen molar-refractivity contribution in [1.29, 1.82) is 0 Å². The summed E-state index contributed by atoms with van der Waals surface area (Å²) in [7, 11) is -23.7. The maximum Gasteiger partial charge on any atom is 0.315 e. The number of fused-ring (bicyclic) bond motifs is 3. The van der Waals surface area contributed by atoms with E-state index in [4.69, 9.17) is 53.3 Å². The number of rotatable bonds is 35. The summed E-state index contributed by atoms with van der Waals surface area (Å²) in [4.78, 5) is 3.19. The van der Waals surface area contributed by atoms with Gasteiger partial charge in [0.25, 0.3) is 0 Å². The topological polar surface area (TPSA) is 196 Å². The molecule has 3 N–H and O–H groups in total. The van der Waals surface area contributed by atoms with Crippen molar-refractivity contribution in [3.05, 3.63) is 159 Å². The van der Waals surface area contributed by atoms with Crippen molar-refractivity contribution in [2.24, 2.45) is 10.8 Å². The van der Waals surface area contributed by atoms with Crippen molar-refractivity contribution in [3.8, 4) is 28.6 Å². The monoisotopic (exact) mass is 1780 g/mol. The molecule has 2 heterocycles. The summed E-state index contributed by atoms with van der Waals surface area (Å²) in [6, 6.07) is 39.5. The molecule has 0 aliphatic heterocycles. The zero-order valence-corrected chi connectivity index (χ0v) is 85.2. The van der Waals surface area contributed by atoms with Crippen molar-refractivity contribution >= 4 is 119 Å². The fourth-order valence-corrected chi connectivity index (χ4v) is 65.6. The molecule has 0 saturated carbocycles. The van der Waals surface area contributed by atoms with E-state index in [-0.39, 0.29) is 68.8 Å². The second-order valence-corrected chi connectivity index (χ2v) is 81.1. The molecule has 1 atom stereocenters. The van der Waals surface area contributed by atoms with Gasteiger partial charge in [-0.2, -0.15) is 0 Å². The van der Waals surface area contributed by atoms with Gasteiger partial charge in [0, 0.05) is 11.5 Å². The molecule has 1 aliphatic carbocycles. The summed E-state index contributed by atoms with van der Waals surface area (Å²) in [6.45, 7) is 71.0. The number of hydrogen-bond acceptors (Lipinski definition) is 15. The maximum absolute atomic E-state index is 11.9. The van der Waals surface area contributed by atoms with Crippen LogP contribution >= 0.6 is 0 Å². The Balaban J connectivity index is 0.000000605. The first-order valence-electron chi connectivity index (χ1n) is 41.1. The quantitative estimate of drug-likeness (QED) is 0.0317. The zero-order chi connectivity index (χ0) is 84.5. The summed E-state index contributed by atoms with van der Waals surface area (Å²) in [5.74, 6) is 0.979. The van der Waals surface area contributed by atoms with Crippen LogP contribution in [0.15, 0.2) is 109 Å². The summed E-state index contributed by atoms with van der Waals surface area (Å²) in [5.41, 5.74) is 11.6. The highest BCUT2D eigenvalue weighted by atomic mass is 28.5. The predicted molar refractivity (Wildman–Crippen MR) is 521 cm³/mol. The van der Waals surface area contributed by atoms with Crippen LogP contribution in [-0.2, 0) is 63.0 Å². The Bertz CT molecular complexity index is 4440. The predicted octanol–water partition coefficient (Wildman–Crippen LogP) is 24.9. The third kappa shape index (κ3) is 31.4. The number of aromatic nitrogens is 6. The van der Waals surface area contributed by atoms with Crippen LogP contribution in [0.4, 0.5) is 0 Å². The van der Waals surface area contributed by atoms with Crippen molar-refractivity contribution in [1.82, 2.24) is 30.0 Å². The van der Waals surface area contributed by atoms with Gasteiger partial charge in [0.15, 0.2) is 33.3 Å². The average molecular weight is 1780 g/mol. The van der Waals surface area contributed by atoms with Gasteiger partial charge in [-0.15, -0.1) is 30.0 Å². The van der Waals surface area contributed by atoms with Crippen molar-refractivity contribution in [2.45, 2.75) is 330 Å². The first-order chi connectivity index (χ1) is 51.5. The highest BCUT2D eigenvalue weighted by Crippen LogP contribution is 2.44. The van der Waals surface area contributed by atoms with Gasteiger partial charge in [0.05, 0.1) is 0 Å². The number of aryl methyl sites for hydroxylation is 4. The van der Waals surface area contributed by atoms with Gasteiger partial charge in [0.1, 0.15) is 50.7 Å². The Hall–Kier alpha value is -4.89. The minimum atomic E-state index is -2.76. The van der Waals surface area contributed by atoms with Crippen LogP contribution in [0.3, 0.4) is 0 Å². The molecule has 8 aromatic rings. The van der Waals surface area contributed by atoms with Crippen LogP contribution in [0.5, 0.6) is 17.2 Å². The Kier molecular flexibility index (Phi) is 35.1. The molecule has 27 heteroatoms. The lowest BCUT2D eigenvalue weighted by Gasteiger charge is -2.43. The molecule has 0 radical (unpaired) electrons. The number of phenolic OH excluding ortho intramolecular Hbond substituents is 3. The number of benzene rings is 6. The minimum Gasteiger partial charge on any atom is -0.507 e. The zero-order valence-electron chi connectivity index (χ0n) is 75.2.